The summed E-state index contributed by atoms with van der Waals surface area (Å²) < 4.78 is 5.86. The van der Waals surface area contributed by atoms with E-state index in [0.29, 0.717) is 6.04 Å². The first-order chi connectivity index (χ1) is 8.18. The van der Waals surface area contributed by atoms with Gasteiger partial charge in [-0.2, -0.15) is 0 Å². The number of anilines is 1. The molecule has 2 rings (SSSR count). The highest BCUT2D eigenvalue weighted by Gasteiger charge is 2.19. The van der Waals surface area contributed by atoms with Gasteiger partial charge in [0.1, 0.15) is 12.4 Å². The fourth-order valence-corrected chi connectivity index (χ4v) is 2.32. The van der Waals surface area contributed by atoms with Crippen LogP contribution in [0.5, 0.6) is 5.75 Å². The molecule has 1 fully saturated rings. The molecule has 1 aliphatic rings. The van der Waals surface area contributed by atoms with Crippen LogP contribution >= 0.6 is 0 Å². The number of hydrogen-bond acceptors (Lipinski definition) is 3. The lowest BCUT2D eigenvalue weighted by molar-refractivity contribution is 0.125. The van der Waals surface area contributed by atoms with E-state index in [-0.39, 0.29) is 0 Å². The topological polar surface area (TPSA) is 38.5 Å². The summed E-state index contributed by atoms with van der Waals surface area (Å²) in [7, 11) is 2.17. The molecule has 0 aliphatic carbocycles. The fourth-order valence-electron chi connectivity index (χ4n) is 2.32. The molecule has 0 bridgehead atoms. The molecular weight excluding hydrogens is 212 g/mol. The first-order valence-electron chi connectivity index (χ1n) is 6.36. The molecule has 17 heavy (non-hydrogen) atoms. The average Bonchev–Trinajstić information content (AvgIpc) is 2.33. The number of nitrogens with zero attached hydrogens (tertiary/aromatic N) is 1. The lowest BCUT2D eigenvalue weighted by Crippen LogP contribution is -2.40. The second kappa shape index (κ2) is 5.41. The summed E-state index contributed by atoms with van der Waals surface area (Å²) in [5.74, 6) is 0.823. The van der Waals surface area contributed by atoms with E-state index >= 15 is 0 Å². The third-order valence-corrected chi connectivity index (χ3v) is 3.64. The Morgan fingerprint density at radius 2 is 2.24 bits per heavy atom. The van der Waals surface area contributed by atoms with E-state index in [0.717, 1.165) is 23.6 Å². The first kappa shape index (κ1) is 12.2. The molecule has 0 saturated carbocycles. The van der Waals surface area contributed by atoms with Gasteiger partial charge >= 0.3 is 0 Å². The van der Waals surface area contributed by atoms with Crippen LogP contribution in [0, 0.1) is 6.92 Å². The van der Waals surface area contributed by atoms with Crippen molar-refractivity contribution in [2.45, 2.75) is 32.2 Å². The SMILES string of the molecule is Cc1cccc(OCC2CCCCN2C)c1N. The van der Waals surface area contributed by atoms with Crippen molar-refractivity contribution >= 4 is 5.69 Å². The Balaban J connectivity index is 1.95. The van der Waals surface area contributed by atoms with Crippen LogP contribution < -0.4 is 10.5 Å². The van der Waals surface area contributed by atoms with Gasteiger partial charge in [0.05, 0.1) is 5.69 Å². The normalized spacial score (nSPS) is 21.4. The van der Waals surface area contributed by atoms with Gasteiger partial charge in [-0.05, 0) is 45.0 Å². The minimum atomic E-state index is 0.531. The van der Waals surface area contributed by atoms with Crippen molar-refractivity contribution in [2.75, 3.05) is 25.9 Å². The maximum Gasteiger partial charge on any atom is 0.142 e. The number of rotatable bonds is 3. The van der Waals surface area contributed by atoms with Crippen molar-refractivity contribution in [3.8, 4) is 5.75 Å². The van der Waals surface area contributed by atoms with Crippen molar-refractivity contribution < 1.29 is 4.74 Å². The number of nitrogens with two attached hydrogens (primary N) is 1. The highest BCUT2D eigenvalue weighted by Crippen LogP contribution is 2.25. The summed E-state index contributed by atoms with van der Waals surface area (Å²) in [4.78, 5) is 2.38. The Morgan fingerprint density at radius 3 is 3.00 bits per heavy atom. The maximum atomic E-state index is 5.99. The molecule has 0 radical (unpaired) electrons. The Bertz CT molecular complexity index is 378. The van der Waals surface area contributed by atoms with Crippen LogP contribution in [0.1, 0.15) is 24.8 Å². The van der Waals surface area contributed by atoms with Crippen LogP contribution in [0.3, 0.4) is 0 Å². The molecule has 1 aliphatic heterocycles. The van der Waals surface area contributed by atoms with Gasteiger partial charge in [-0.15, -0.1) is 0 Å². The number of para-hydroxylation sites is 1. The zero-order valence-corrected chi connectivity index (χ0v) is 10.8. The molecule has 3 heteroatoms. The molecule has 1 heterocycles. The summed E-state index contributed by atoms with van der Waals surface area (Å²) in [6, 6.07) is 6.48. The monoisotopic (exact) mass is 234 g/mol. The lowest BCUT2D eigenvalue weighted by Gasteiger charge is -2.32. The smallest absolute Gasteiger partial charge is 0.142 e. The van der Waals surface area contributed by atoms with Gasteiger partial charge < -0.3 is 15.4 Å². The van der Waals surface area contributed by atoms with Crippen LogP contribution in [-0.2, 0) is 0 Å². The summed E-state index contributed by atoms with van der Waals surface area (Å²) >= 11 is 0. The van der Waals surface area contributed by atoms with Crippen LogP contribution in [0.25, 0.3) is 0 Å². The molecular formula is C14H22N2O. The van der Waals surface area contributed by atoms with E-state index < -0.39 is 0 Å². The summed E-state index contributed by atoms with van der Waals surface area (Å²) in [5.41, 5.74) is 7.85. The molecule has 0 amide bonds. The predicted molar refractivity (Wildman–Crippen MR) is 71.4 cm³/mol. The van der Waals surface area contributed by atoms with E-state index in [1.54, 1.807) is 0 Å². The fraction of sp³-hybridized carbons (Fsp3) is 0.571. The maximum absolute atomic E-state index is 5.99. The molecule has 3 nitrogen and oxygen atoms in total. The minimum Gasteiger partial charge on any atom is -0.490 e. The van der Waals surface area contributed by atoms with Gasteiger partial charge in [0, 0.05) is 6.04 Å². The van der Waals surface area contributed by atoms with Crippen LogP contribution in [0.2, 0.25) is 0 Å². The van der Waals surface area contributed by atoms with Gasteiger partial charge in [-0.25, -0.2) is 0 Å². The molecule has 0 aromatic heterocycles. The molecule has 1 unspecified atom stereocenters. The number of likely N-dealkylation sites (N-methyl/N-ethyl adjacent to an activating group) is 1. The van der Waals surface area contributed by atoms with Crippen molar-refractivity contribution in [2.24, 2.45) is 0 Å². The number of benzene rings is 1. The highest BCUT2D eigenvalue weighted by atomic mass is 16.5. The van der Waals surface area contributed by atoms with Crippen molar-refractivity contribution in [3.63, 3.8) is 0 Å². The molecule has 1 atom stereocenters. The van der Waals surface area contributed by atoms with Crippen LogP contribution in [-0.4, -0.2) is 31.1 Å². The number of nitrogen functional groups attached to an aromatic ring is 1. The number of hydrogen-bond donors (Lipinski definition) is 1. The molecule has 1 aromatic carbocycles. The average molecular weight is 234 g/mol. The van der Waals surface area contributed by atoms with Crippen molar-refractivity contribution in [3.05, 3.63) is 23.8 Å². The van der Waals surface area contributed by atoms with Gasteiger partial charge in [0.25, 0.3) is 0 Å². The Labute approximate surface area is 104 Å². The largest absolute Gasteiger partial charge is 0.490 e. The molecule has 94 valence electrons. The minimum absolute atomic E-state index is 0.531. The number of piperidine rings is 1. The zero-order chi connectivity index (χ0) is 12.3. The van der Waals surface area contributed by atoms with Gasteiger partial charge in [0.2, 0.25) is 0 Å². The number of ether oxygens (including phenoxy) is 1. The van der Waals surface area contributed by atoms with Crippen molar-refractivity contribution in [1.82, 2.24) is 4.90 Å². The third-order valence-electron chi connectivity index (χ3n) is 3.64. The van der Waals surface area contributed by atoms with Gasteiger partial charge in [-0.3, -0.25) is 0 Å². The second-order valence-electron chi connectivity index (χ2n) is 4.93. The van der Waals surface area contributed by atoms with E-state index in [1.165, 1.54) is 25.8 Å². The lowest BCUT2D eigenvalue weighted by atomic mass is 10.0. The summed E-state index contributed by atoms with van der Waals surface area (Å²) in [6.07, 6.45) is 3.84. The summed E-state index contributed by atoms with van der Waals surface area (Å²) in [5, 5.41) is 0. The van der Waals surface area contributed by atoms with E-state index in [2.05, 4.69) is 11.9 Å². The third kappa shape index (κ3) is 2.91. The highest BCUT2D eigenvalue weighted by molar-refractivity contribution is 5.57. The molecule has 1 aromatic rings. The Kier molecular flexibility index (Phi) is 3.89. The molecule has 0 spiro atoms. The summed E-state index contributed by atoms with van der Waals surface area (Å²) in [6.45, 7) is 3.93. The predicted octanol–water partition coefficient (Wildman–Crippen LogP) is 2.44. The van der Waals surface area contributed by atoms with Gasteiger partial charge in [-0.1, -0.05) is 18.6 Å². The molecule has 1 saturated heterocycles. The van der Waals surface area contributed by atoms with Gasteiger partial charge in [0.15, 0.2) is 0 Å². The Hall–Kier alpha value is -1.22. The van der Waals surface area contributed by atoms with E-state index in [1.807, 2.05) is 25.1 Å². The second-order valence-corrected chi connectivity index (χ2v) is 4.93. The standard InChI is InChI=1S/C14H22N2O/c1-11-6-5-8-13(14(11)15)17-10-12-7-3-4-9-16(12)2/h5-6,8,12H,3-4,7,9-10,15H2,1-2H3. The van der Waals surface area contributed by atoms with Crippen LogP contribution in [0.4, 0.5) is 5.69 Å². The molecule has 2 N–H and O–H groups in total. The Morgan fingerprint density at radius 1 is 1.41 bits per heavy atom. The van der Waals surface area contributed by atoms with Crippen LogP contribution in [0.15, 0.2) is 18.2 Å². The first-order valence-corrected chi connectivity index (χ1v) is 6.36. The number of likely N-dealkylation sites (tertiary alicyclic amines) is 1. The quantitative estimate of drug-likeness (QED) is 0.816. The van der Waals surface area contributed by atoms with E-state index in [4.69, 9.17) is 10.5 Å². The zero-order valence-electron chi connectivity index (χ0n) is 10.8. The van der Waals surface area contributed by atoms with E-state index in [9.17, 15) is 0 Å². The van der Waals surface area contributed by atoms with Crippen molar-refractivity contribution in [1.29, 1.82) is 0 Å². The number of aryl methyl sites for hydroxylation is 1.